The molecule has 0 saturated heterocycles. The van der Waals surface area contributed by atoms with Crippen LogP contribution in [0.1, 0.15) is 22.5 Å². The molecule has 5 heavy (non-hydrogen) atoms. The van der Waals surface area contributed by atoms with E-state index in [4.69, 9.17) is 2.74 Å². The Bertz CT molecular complexity index is 70.1. The van der Waals surface area contributed by atoms with Gasteiger partial charge in [0.2, 0.25) is 0 Å². The van der Waals surface area contributed by atoms with Crippen LogP contribution in [0.2, 0.25) is 0 Å². The van der Waals surface area contributed by atoms with Crippen LogP contribution in [0.15, 0.2) is 0 Å². The lowest BCUT2D eigenvalue weighted by atomic mass is 10.4. The minimum atomic E-state index is -0.650. The molecule has 0 rings (SSSR count). The van der Waals surface area contributed by atoms with E-state index in [1.54, 1.807) is 6.92 Å². The molecule has 0 radical (unpaired) electrons. The van der Waals surface area contributed by atoms with E-state index in [1.807, 2.05) is 0 Å². The van der Waals surface area contributed by atoms with Crippen molar-refractivity contribution in [3.8, 4) is 0 Å². The van der Waals surface area contributed by atoms with Crippen molar-refractivity contribution in [1.82, 2.24) is 0 Å². The van der Waals surface area contributed by atoms with E-state index in [-0.39, 0.29) is 6.42 Å². The van der Waals surface area contributed by atoms with Gasteiger partial charge in [0.25, 0.3) is 0 Å². The van der Waals surface area contributed by atoms with E-state index < -0.39 is 12.7 Å². The van der Waals surface area contributed by atoms with Gasteiger partial charge in [-0.15, -0.1) is 0 Å². The summed E-state index contributed by atoms with van der Waals surface area (Å²) in [7, 11) is 0. The zero-order valence-corrected chi connectivity index (χ0v) is 3.19. The molecule has 0 bridgehead atoms. The third-order valence-electron chi connectivity index (χ3n) is 0.287. The first-order valence-corrected chi connectivity index (χ1v) is 1.54. The van der Waals surface area contributed by atoms with Gasteiger partial charge in [0, 0.05) is 7.79 Å². The molecule has 1 nitrogen and oxygen atoms in total. The zero-order valence-electron chi connectivity index (χ0n) is 5.19. The fourth-order valence-electron chi connectivity index (χ4n) is 0.0833. The Labute approximate surface area is 34.8 Å². The quantitative estimate of drug-likeness (QED) is 0.446. The Hall–Kier alpha value is -0.330. The largest absolute Gasteiger partial charge is 0.303 e. The Morgan fingerprint density at radius 3 is 3.00 bits per heavy atom. The summed E-state index contributed by atoms with van der Waals surface area (Å²) < 4.78 is 13.1. The summed E-state index contributed by atoms with van der Waals surface area (Å²) >= 11 is 0. The van der Waals surface area contributed by atoms with Crippen molar-refractivity contribution in [2.45, 2.75) is 19.7 Å². The molecule has 0 aliphatic rings. The molecule has 0 aromatic carbocycles. The van der Waals surface area contributed by atoms with Crippen molar-refractivity contribution < 1.29 is 7.54 Å². The molecule has 0 amide bonds. The maximum atomic E-state index is 9.80. The fraction of sp³-hybridized carbons (Fsp3) is 0.750. The first-order valence-electron chi connectivity index (χ1n) is 2.62. The normalized spacial score (nSPS) is 19.4. The molecule has 0 N–H and O–H groups in total. The highest BCUT2D eigenvalue weighted by atomic mass is 16.1. The van der Waals surface area contributed by atoms with Crippen molar-refractivity contribution >= 4 is 6.26 Å². The molecular weight excluding hydrogens is 64.0 g/mol. The highest BCUT2D eigenvalue weighted by molar-refractivity contribution is 5.48. The maximum Gasteiger partial charge on any atom is 0.119 e. The Kier molecular flexibility index (Phi) is 1.44. The van der Waals surface area contributed by atoms with Gasteiger partial charge in [0.15, 0.2) is 0 Å². The Morgan fingerprint density at radius 1 is 2.40 bits per heavy atom. The average molecular weight is 74.1 g/mol. The summed E-state index contributed by atoms with van der Waals surface area (Å²) in [6.45, 7) is 1.59. The van der Waals surface area contributed by atoms with E-state index in [9.17, 15) is 4.79 Å². The molecule has 0 aromatic heterocycles. The van der Waals surface area contributed by atoms with E-state index >= 15 is 0 Å². The van der Waals surface area contributed by atoms with Gasteiger partial charge in [-0.2, -0.15) is 0 Å². The van der Waals surface area contributed by atoms with Crippen molar-refractivity contribution in [1.29, 1.82) is 0 Å². The molecule has 0 saturated carbocycles. The van der Waals surface area contributed by atoms with Gasteiger partial charge in [-0.05, 0) is 6.40 Å². The lowest BCUT2D eigenvalue weighted by Crippen LogP contribution is -1.64. The van der Waals surface area contributed by atoms with Gasteiger partial charge in [-0.3, -0.25) is 0 Å². The number of hydrogen-bond acceptors (Lipinski definition) is 1. The van der Waals surface area contributed by atoms with Crippen LogP contribution in [0, 0.1) is 0 Å². The smallest absolute Gasteiger partial charge is 0.119 e. The summed E-state index contributed by atoms with van der Waals surface area (Å²) in [5.74, 6) is 0. The second kappa shape index (κ2) is 3.67. The molecule has 0 aromatic rings. The van der Waals surface area contributed by atoms with Crippen molar-refractivity contribution in [2.75, 3.05) is 0 Å². The second-order valence-corrected chi connectivity index (χ2v) is 0.757. The van der Waals surface area contributed by atoms with Crippen LogP contribution in [0.5, 0.6) is 0 Å². The topological polar surface area (TPSA) is 17.1 Å². The van der Waals surface area contributed by atoms with Gasteiger partial charge < -0.3 is 4.79 Å². The lowest BCUT2D eigenvalue weighted by molar-refractivity contribution is -0.107. The molecule has 0 aliphatic heterocycles. The predicted octanol–water partition coefficient (Wildman–Crippen LogP) is 0.985. The van der Waals surface area contributed by atoms with Crippen LogP contribution in [0.4, 0.5) is 0 Å². The van der Waals surface area contributed by atoms with E-state index in [0.717, 1.165) is 0 Å². The SMILES string of the molecule is [2H]C(=O)CC([2H])C. The number of hydrogen-bond donors (Lipinski definition) is 0. The van der Waals surface area contributed by atoms with Crippen LogP contribution in [0.3, 0.4) is 0 Å². The van der Waals surface area contributed by atoms with Gasteiger partial charge in [-0.1, -0.05) is 6.92 Å². The monoisotopic (exact) mass is 74.1 g/mol. The summed E-state index contributed by atoms with van der Waals surface area (Å²) in [5.41, 5.74) is 0. The first-order chi connectivity index (χ1) is 3.13. The van der Waals surface area contributed by atoms with E-state index in [1.165, 1.54) is 0 Å². The molecule has 30 valence electrons. The fourth-order valence-corrected chi connectivity index (χ4v) is 0.0833. The summed E-state index contributed by atoms with van der Waals surface area (Å²) in [6, 6.07) is 0. The molecule has 0 spiro atoms. The highest BCUT2D eigenvalue weighted by Gasteiger charge is 1.66. The molecule has 1 atom stereocenters. The maximum absolute atomic E-state index is 9.80. The van der Waals surface area contributed by atoms with Crippen LogP contribution < -0.4 is 0 Å². The lowest BCUT2D eigenvalue weighted by Gasteiger charge is -1.68. The number of carbonyl (C=O) groups is 1. The van der Waals surface area contributed by atoms with Crippen molar-refractivity contribution in [3.63, 3.8) is 0 Å². The molecule has 0 heterocycles. The zero-order chi connectivity index (χ0) is 5.86. The van der Waals surface area contributed by atoms with Crippen LogP contribution in [-0.4, -0.2) is 6.26 Å². The van der Waals surface area contributed by atoms with Crippen LogP contribution in [0.25, 0.3) is 0 Å². The van der Waals surface area contributed by atoms with Crippen molar-refractivity contribution in [2.24, 2.45) is 0 Å². The molecule has 1 heteroatoms. The van der Waals surface area contributed by atoms with Crippen molar-refractivity contribution in [3.05, 3.63) is 0 Å². The molecule has 1 unspecified atom stereocenters. The van der Waals surface area contributed by atoms with Crippen LogP contribution in [-0.2, 0) is 4.79 Å². The van der Waals surface area contributed by atoms with E-state index in [2.05, 4.69) is 0 Å². The summed E-state index contributed by atoms with van der Waals surface area (Å²) in [5, 5.41) is 0. The number of carbonyl (C=O) groups excluding carboxylic acids is 1. The second-order valence-electron chi connectivity index (χ2n) is 0.757. The van der Waals surface area contributed by atoms with Gasteiger partial charge in [-0.25, -0.2) is 0 Å². The van der Waals surface area contributed by atoms with E-state index in [0.29, 0.717) is 0 Å². The standard InChI is InChI=1S/C4H8O/c1-2-3-4-5/h4H,2-3H2,1H3/i2D,4D. The summed E-state index contributed by atoms with van der Waals surface area (Å²) in [4.78, 5) is 9.80. The molecular formula is C4H8O. The Morgan fingerprint density at radius 2 is 3.00 bits per heavy atom. The highest BCUT2D eigenvalue weighted by Crippen LogP contribution is 1.74. The van der Waals surface area contributed by atoms with Gasteiger partial charge in [0.05, 0.1) is 0 Å². The van der Waals surface area contributed by atoms with Crippen LogP contribution >= 0.6 is 0 Å². The third kappa shape index (κ3) is 3.67. The van der Waals surface area contributed by atoms with Gasteiger partial charge >= 0.3 is 0 Å². The van der Waals surface area contributed by atoms with Gasteiger partial charge in [0.1, 0.15) is 7.63 Å². The minimum absolute atomic E-state index is 0.0556. The predicted molar refractivity (Wildman–Crippen MR) is 21.0 cm³/mol. The summed E-state index contributed by atoms with van der Waals surface area (Å²) in [6.07, 6.45) is -1.01. The number of aldehydes is 1. The Balaban J connectivity index is 3.13. The molecule has 0 fully saturated rings. The molecule has 0 aliphatic carbocycles. The first kappa shape index (κ1) is 1.96. The number of rotatable bonds is 2. The average Bonchev–Trinajstić information content (AvgIpc) is 1.27. The third-order valence-corrected chi connectivity index (χ3v) is 0.287. The minimum Gasteiger partial charge on any atom is -0.303 e.